The summed E-state index contributed by atoms with van der Waals surface area (Å²) < 4.78 is 6.57. The van der Waals surface area contributed by atoms with Crippen molar-refractivity contribution < 1.29 is 9.84 Å². The number of hydrogen-bond acceptors (Lipinski definition) is 3. The maximum atomic E-state index is 8.70. The second kappa shape index (κ2) is 6.82. The monoisotopic (exact) mass is 273 g/mol. The highest BCUT2D eigenvalue weighted by molar-refractivity contribution is 9.10. The van der Waals surface area contributed by atoms with E-state index in [2.05, 4.69) is 15.9 Å². The Kier molecular flexibility index (Phi) is 5.68. The predicted molar refractivity (Wildman–Crippen MR) is 64.2 cm³/mol. The molecule has 3 nitrogen and oxygen atoms in total. The lowest BCUT2D eigenvalue weighted by Crippen LogP contribution is -2.27. The molecule has 4 heteroatoms. The third kappa shape index (κ3) is 5.16. The van der Waals surface area contributed by atoms with Gasteiger partial charge in [-0.1, -0.05) is 22.0 Å². The molecule has 0 unspecified atom stereocenters. The summed E-state index contributed by atoms with van der Waals surface area (Å²) in [6.07, 6.45) is 0. The fourth-order valence-corrected chi connectivity index (χ4v) is 1.54. The lowest BCUT2D eigenvalue weighted by molar-refractivity contribution is 0.192. The summed E-state index contributed by atoms with van der Waals surface area (Å²) >= 11 is 3.38. The number of aliphatic hydroxyl groups excluding tert-OH is 1. The number of rotatable bonds is 6. The first-order chi connectivity index (χ1) is 7.22. The van der Waals surface area contributed by atoms with Gasteiger partial charge in [0.2, 0.25) is 0 Å². The molecule has 0 radical (unpaired) electrons. The van der Waals surface area contributed by atoms with Gasteiger partial charge >= 0.3 is 0 Å². The van der Waals surface area contributed by atoms with E-state index in [9.17, 15) is 0 Å². The van der Waals surface area contributed by atoms with Crippen LogP contribution in [0.5, 0.6) is 5.75 Å². The lowest BCUT2D eigenvalue weighted by atomic mass is 10.3. The quantitative estimate of drug-likeness (QED) is 0.858. The molecule has 0 aliphatic rings. The minimum atomic E-state index is 0.188. The first-order valence-corrected chi connectivity index (χ1v) is 5.69. The molecule has 1 aromatic rings. The number of benzene rings is 1. The van der Waals surface area contributed by atoms with Crippen LogP contribution in [0.15, 0.2) is 28.7 Å². The van der Waals surface area contributed by atoms with E-state index < -0.39 is 0 Å². The molecular weight excluding hydrogens is 258 g/mol. The van der Waals surface area contributed by atoms with Crippen molar-refractivity contribution in [1.82, 2.24) is 4.90 Å². The molecule has 0 heterocycles. The topological polar surface area (TPSA) is 32.7 Å². The Labute approximate surface area is 98.8 Å². The van der Waals surface area contributed by atoms with Crippen LogP contribution in [0.3, 0.4) is 0 Å². The number of ether oxygens (including phenoxy) is 1. The van der Waals surface area contributed by atoms with Crippen LogP contribution < -0.4 is 4.74 Å². The molecule has 0 atom stereocenters. The van der Waals surface area contributed by atoms with Crippen molar-refractivity contribution in [2.45, 2.75) is 0 Å². The van der Waals surface area contributed by atoms with E-state index in [0.717, 1.165) is 16.8 Å². The Balaban J connectivity index is 2.25. The Morgan fingerprint density at radius 3 is 2.87 bits per heavy atom. The predicted octanol–water partition coefficient (Wildman–Crippen LogP) is 1.75. The third-order valence-electron chi connectivity index (χ3n) is 2.02. The highest BCUT2D eigenvalue weighted by atomic mass is 79.9. The van der Waals surface area contributed by atoms with Gasteiger partial charge in [0.25, 0.3) is 0 Å². The van der Waals surface area contributed by atoms with E-state index >= 15 is 0 Å². The van der Waals surface area contributed by atoms with Crippen molar-refractivity contribution >= 4 is 15.9 Å². The Hall–Kier alpha value is -0.580. The molecule has 1 rings (SSSR count). The Morgan fingerprint density at radius 1 is 1.40 bits per heavy atom. The van der Waals surface area contributed by atoms with E-state index in [0.29, 0.717) is 13.2 Å². The second-order valence-corrected chi connectivity index (χ2v) is 4.25. The third-order valence-corrected chi connectivity index (χ3v) is 2.51. The van der Waals surface area contributed by atoms with Crippen LogP contribution >= 0.6 is 15.9 Å². The van der Waals surface area contributed by atoms with Crippen LogP contribution in [0.2, 0.25) is 0 Å². The van der Waals surface area contributed by atoms with Crippen LogP contribution in [0.25, 0.3) is 0 Å². The van der Waals surface area contributed by atoms with Gasteiger partial charge in [0, 0.05) is 17.6 Å². The molecule has 0 bridgehead atoms. The summed E-state index contributed by atoms with van der Waals surface area (Å²) in [5, 5.41) is 8.70. The average Bonchev–Trinajstić information content (AvgIpc) is 2.18. The molecule has 0 fully saturated rings. The number of likely N-dealkylation sites (N-methyl/N-ethyl adjacent to an activating group) is 1. The van der Waals surface area contributed by atoms with Crippen molar-refractivity contribution in [1.29, 1.82) is 0 Å². The van der Waals surface area contributed by atoms with E-state index in [1.807, 2.05) is 36.2 Å². The number of aliphatic hydroxyl groups is 1. The number of halogens is 1. The zero-order valence-electron chi connectivity index (χ0n) is 8.82. The van der Waals surface area contributed by atoms with E-state index in [1.54, 1.807) is 0 Å². The fraction of sp³-hybridized carbons (Fsp3) is 0.455. The van der Waals surface area contributed by atoms with Crippen LogP contribution in [0.1, 0.15) is 0 Å². The van der Waals surface area contributed by atoms with Gasteiger partial charge in [0.15, 0.2) is 0 Å². The van der Waals surface area contributed by atoms with Crippen molar-refractivity contribution in [3.05, 3.63) is 28.7 Å². The van der Waals surface area contributed by atoms with Crippen molar-refractivity contribution in [2.75, 3.05) is 33.4 Å². The molecule has 0 saturated carbocycles. The highest BCUT2D eigenvalue weighted by Crippen LogP contribution is 2.17. The summed E-state index contributed by atoms with van der Waals surface area (Å²) in [4.78, 5) is 2.03. The van der Waals surface area contributed by atoms with Gasteiger partial charge in [-0.25, -0.2) is 0 Å². The van der Waals surface area contributed by atoms with Crippen molar-refractivity contribution in [3.8, 4) is 5.75 Å². The standard InChI is InChI=1S/C11H16BrNO2/c1-13(5-7-14)6-8-15-11-4-2-3-10(12)9-11/h2-4,9,14H,5-8H2,1H3. The molecule has 0 aliphatic heterocycles. The second-order valence-electron chi connectivity index (χ2n) is 3.33. The normalized spacial score (nSPS) is 10.7. The van der Waals surface area contributed by atoms with Gasteiger partial charge in [-0.2, -0.15) is 0 Å². The number of hydrogen-bond donors (Lipinski definition) is 1. The molecule has 0 saturated heterocycles. The molecule has 0 aromatic heterocycles. The fourth-order valence-electron chi connectivity index (χ4n) is 1.16. The lowest BCUT2D eigenvalue weighted by Gasteiger charge is -2.15. The van der Waals surface area contributed by atoms with E-state index in [4.69, 9.17) is 9.84 Å². The van der Waals surface area contributed by atoms with Gasteiger partial charge in [-0.3, -0.25) is 0 Å². The van der Waals surface area contributed by atoms with Crippen LogP contribution in [-0.4, -0.2) is 43.4 Å². The van der Waals surface area contributed by atoms with Crippen molar-refractivity contribution in [2.24, 2.45) is 0 Å². The first-order valence-electron chi connectivity index (χ1n) is 4.90. The molecule has 0 amide bonds. The molecule has 15 heavy (non-hydrogen) atoms. The van der Waals surface area contributed by atoms with Gasteiger partial charge < -0.3 is 14.7 Å². The number of nitrogens with zero attached hydrogens (tertiary/aromatic N) is 1. The van der Waals surface area contributed by atoms with Gasteiger partial charge in [-0.15, -0.1) is 0 Å². The Bertz CT molecular complexity index is 294. The molecule has 0 spiro atoms. The largest absolute Gasteiger partial charge is 0.492 e. The maximum Gasteiger partial charge on any atom is 0.120 e. The molecular formula is C11H16BrNO2. The Morgan fingerprint density at radius 2 is 2.20 bits per heavy atom. The minimum absolute atomic E-state index is 0.188. The zero-order chi connectivity index (χ0) is 11.1. The van der Waals surface area contributed by atoms with E-state index in [1.165, 1.54) is 0 Å². The van der Waals surface area contributed by atoms with E-state index in [-0.39, 0.29) is 6.61 Å². The molecule has 1 N–H and O–H groups in total. The van der Waals surface area contributed by atoms with Gasteiger partial charge in [-0.05, 0) is 25.2 Å². The molecule has 1 aromatic carbocycles. The first kappa shape index (κ1) is 12.5. The summed E-state index contributed by atoms with van der Waals surface area (Å²) in [6, 6.07) is 7.77. The van der Waals surface area contributed by atoms with Crippen LogP contribution in [0.4, 0.5) is 0 Å². The average molecular weight is 274 g/mol. The van der Waals surface area contributed by atoms with Gasteiger partial charge in [0.1, 0.15) is 12.4 Å². The summed E-state index contributed by atoms with van der Waals surface area (Å²) in [6.45, 7) is 2.31. The summed E-state index contributed by atoms with van der Waals surface area (Å²) in [5.41, 5.74) is 0. The molecule has 0 aliphatic carbocycles. The zero-order valence-corrected chi connectivity index (χ0v) is 10.4. The summed E-state index contributed by atoms with van der Waals surface area (Å²) in [7, 11) is 1.96. The summed E-state index contributed by atoms with van der Waals surface area (Å²) in [5.74, 6) is 0.863. The van der Waals surface area contributed by atoms with Gasteiger partial charge in [0.05, 0.1) is 6.61 Å². The highest BCUT2D eigenvalue weighted by Gasteiger charge is 1.98. The van der Waals surface area contributed by atoms with Crippen LogP contribution in [-0.2, 0) is 0 Å². The SMILES string of the molecule is CN(CCO)CCOc1cccc(Br)c1. The van der Waals surface area contributed by atoms with Crippen LogP contribution in [0, 0.1) is 0 Å². The minimum Gasteiger partial charge on any atom is -0.492 e. The maximum absolute atomic E-state index is 8.70. The van der Waals surface area contributed by atoms with Crippen molar-refractivity contribution in [3.63, 3.8) is 0 Å². The molecule has 84 valence electrons. The smallest absolute Gasteiger partial charge is 0.120 e.